The van der Waals surface area contributed by atoms with Crippen LogP contribution in [0.15, 0.2) is 42.5 Å². The Morgan fingerprint density at radius 2 is 1.75 bits per heavy atom. The van der Waals surface area contributed by atoms with Crippen LogP contribution in [0.5, 0.6) is 0 Å². The maximum Gasteiger partial charge on any atom is 0.192 e. The first-order chi connectivity index (χ1) is 13.5. The van der Waals surface area contributed by atoms with Crippen molar-refractivity contribution in [1.29, 1.82) is 0 Å². The van der Waals surface area contributed by atoms with Crippen LogP contribution in [0.3, 0.4) is 0 Å². The van der Waals surface area contributed by atoms with Crippen LogP contribution in [0, 0.1) is 5.82 Å². The van der Waals surface area contributed by atoms with Gasteiger partial charge in [-0.2, -0.15) is 0 Å². The molecule has 1 fully saturated rings. The number of hydrogen-bond donors (Lipinski definition) is 3. The SMILES string of the molecule is CCc1ccc(Cc2cc(C3CC(O)C(=O)C(CO)O3)ccc2F)cc1.CO. The third-order valence-corrected chi connectivity index (χ3v) is 4.84. The van der Waals surface area contributed by atoms with Crippen molar-refractivity contribution in [2.45, 2.75) is 44.5 Å². The monoisotopic (exact) mass is 390 g/mol. The Labute approximate surface area is 164 Å². The van der Waals surface area contributed by atoms with Gasteiger partial charge in [-0.25, -0.2) is 4.39 Å². The summed E-state index contributed by atoms with van der Waals surface area (Å²) in [5.41, 5.74) is 3.46. The average Bonchev–Trinajstić information content (AvgIpc) is 2.73. The molecule has 3 N–H and O–H groups in total. The lowest BCUT2D eigenvalue weighted by atomic mass is 9.93. The van der Waals surface area contributed by atoms with E-state index in [1.165, 1.54) is 11.6 Å². The second-order valence-electron chi connectivity index (χ2n) is 6.65. The zero-order valence-electron chi connectivity index (χ0n) is 16.1. The molecule has 0 aromatic heterocycles. The first-order valence-electron chi connectivity index (χ1n) is 9.30. The smallest absolute Gasteiger partial charge is 0.192 e. The molecule has 2 aromatic rings. The van der Waals surface area contributed by atoms with Crippen molar-refractivity contribution in [3.63, 3.8) is 0 Å². The summed E-state index contributed by atoms with van der Waals surface area (Å²) in [6.07, 6.45) is -1.27. The summed E-state index contributed by atoms with van der Waals surface area (Å²) >= 11 is 0. The van der Waals surface area contributed by atoms with Crippen molar-refractivity contribution in [2.75, 3.05) is 13.7 Å². The van der Waals surface area contributed by atoms with Crippen LogP contribution in [0.4, 0.5) is 4.39 Å². The van der Waals surface area contributed by atoms with Crippen molar-refractivity contribution >= 4 is 5.78 Å². The molecule has 1 aliphatic heterocycles. The van der Waals surface area contributed by atoms with Crippen molar-refractivity contribution in [3.8, 4) is 0 Å². The van der Waals surface area contributed by atoms with Gasteiger partial charge in [0.15, 0.2) is 5.78 Å². The first kappa shape index (κ1) is 22.2. The van der Waals surface area contributed by atoms with Gasteiger partial charge in [-0.1, -0.05) is 37.3 Å². The topological polar surface area (TPSA) is 87.0 Å². The summed E-state index contributed by atoms with van der Waals surface area (Å²) in [4.78, 5) is 11.8. The minimum absolute atomic E-state index is 0.103. The fraction of sp³-hybridized carbons (Fsp3) is 0.409. The molecule has 6 heteroatoms. The molecule has 0 saturated carbocycles. The number of carbonyl (C=O) groups excluding carboxylic acids is 1. The van der Waals surface area contributed by atoms with E-state index in [1.807, 2.05) is 24.3 Å². The van der Waals surface area contributed by atoms with Gasteiger partial charge >= 0.3 is 0 Å². The van der Waals surface area contributed by atoms with Crippen molar-refractivity contribution in [2.24, 2.45) is 0 Å². The molecule has 0 radical (unpaired) electrons. The lowest BCUT2D eigenvalue weighted by molar-refractivity contribution is -0.161. The molecule has 1 saturated heterocycles. The second kappa shape index (κ2) is 10.4. The van der Waals surface area contributed by atoms with Gasteiger partial charge in [0.1, 0.15) is 18.0 Å². The number of ketones is 1. The van der Waals surface area contributed by atoms with E-state index in [-0.39, 0.29) is 12.2 Å². The normalized spacial score (nSPS) is 21.8. The third-order valence-electron chi connectivity index (χ3n) is 4.84. The standard InChI is InChI=1S/C21H23FO4.CH4O/c1-2-13-3-5-14(6-4-13)9-16-10-15(7-8-17(16)22)19-11-18(24)21(25)20(12-23)26-19;1-2/h3-8,10,18-20,23-24H,2,9,11-12H2,1H3;2H,1H3. The molecular weight excluding hydrogens is 363 g/mol. The van der Waals surface area contributed by atoms with Gasteiger partial charge in [-0.3, -0.25) is 4.79 Å². The molecule has 3 atom stereocenters. The number of halogens is 1. The van der Waals surface area contributed by atoms with Crippen molar-refractivity contribution < 1.29 is 29.2 Å². The van der Waals surface area contributed by atoms with E-state index >= 15 is 0 Å². The highest BCUT2D eigenvalue weighted by Crippen LogP contribution is 2.31. The molecule has 0 bridgehead atoms. The Balaban J connectivity index is 0.00000136. The molecule has 2 aromatic carbocycles. The number of aliphatic hydroxyl groups excluding tert-OH is 3. The third kappa shape index (κ3) is 5.23. The van der Waals surface area contributed by atoms with Gasteiger partial charge in [0.25, 0.3) is 0 Å². The van der Waals surface area contributed by atoms with Gasteiger partial charge in [0.05, 0.1) is 12.7 Å². The zero-order chi connectivity index (χ0) is 20.7. The fourth-order valence-electron chi connectivity index (χ4n) is 3.25. The molecule has 3 unspecified atom stereocenters. The Bertz CT molecular complexity index is 775. The lowest BCUT2D eigenvalue weighted by Crippen LogP contribution is -2.43. The van der Waals surface area contributed by atoms with Gasteiger partial charge in [0, 0.05) is 20.0 Å². The minimum Gasteiger partial charge on any atom is -0.400 e. The molecule has 28 heavy (non-hydrogen) atoms. The van der Waals surface area contributed by atoms with Gasteiger partial charge < -0.3 is 20.1 Å². The summed E-state index contributed by atoms with van der Waals surface area (Å²) < 4.78 is 19.9. The summed E-state index contributed by atoms with van der Waals surface area (Å²) in [5, 5.41) is 26.2. The van der Waals surface area contributed by atoms with Crippen LogP contribution >= 0.6 is 0 Å². The van der Waals surface area contributed by atoms with Gasteiger partial charge in [0.2, 0.25) is 0 Å². The Morgan fingerprint density at radius 1 is 1.11 bits per heavy atom. The van der Waals surface area contributed by atoms with Crippen LogP contribution in [0.1, 0.15) is 41.7 Å². The molecular formula is C22H27FO5. The van der Waals surface area contributed by atoms with E-state index in [0.29, 0.717) is 17.5 Å². The minimum atomic E-state index is -1.18. The lowest BCUT2D eigenvalue weighted by Gasteiger charge is -2.31. The molecule has 0 spiro atoms. The Morgan fingerprint density at radius 3 is 2.36 bits per heavy atom. The number of hydrogen-bond acceptors (Lipinski definition) is 5. The number of ether oxygens (including phenoxy) is 1. The van der Waals surface area contributed by atoms with Crippen LogP contribution in [-0.4, -0.2) is 47.0 Å². The van der Waals surface area contributed by atoms with E-state index in [0.717, 1.165) is 19.1 Å². The highest BCUT2D eigenvalue weighted by atomic mass is 19.1. The number of aryl methyl sites for hydroxylation is 1. The largest absolute Gasteiger partial charge is 0.400 e. The van der Waals surface area contributed by atoms with E-state index in [9.17, 15) is 19.4 Å². The predicted molar refractivity (Wildman–Crippen MR) is 103 cm³/mol. The zero-order valence-corrected chi connectivity index (χ0v) is 16.1. The van der Waals surface area contributed by atoms with Crippen LogP contribution in [0.25, 0.3) is 0 Å². The van der Waals surface area contributed by atoms with Crippen LogP contribution in [0.2, 0.25) is 0 Å². The van der Waals surface area contributed by atoms with Gasteiger partial charge in [-0.05, 0) is 40.8 Å². The summed E-state index contributed by atoms with van der Waals surface area (Å²) in [6.45, 7) is 1.60. The van der Waals surface area contributed by atoms with E-state index in [1.54, 1.807) is 12.1 Å². The number of aliphatic hydroxyl groups is 3. The number of carbonyl (C=O) groups is 1. The predicted octanol–water partition coefficient (Wildman–Crippen LogP) is 2.34. The first-order valence-corrected chi connectivity index (χ1v) is 9.30. The molecule has 5 nitrogen and oxygen atoms in total. The molecule has 1 aliphatic rings. The van der Waals surface area contributed by atoms with E-state index in [2.05, 4.69) is 6.92 Å². The summed E-state index contributed by atoms with van der Waals surface area (Å²) in [5.74, 6) is -0.818. The van der Waals surface area contributed by atoms with E-state index in [4.69, 9.17) is 9.84 Å². The molecule has 3 rings (SSSR count). The van der Waals surface area contributed by atoms with E-state index < -0.39 is 30.7 Å². The van der Waals surface area contributed by atoms with Crippen molar-refractivity contribution in [3.05, 3.63) is 70.5 Å². The summed E-state index contributed by atoms with van der Waals surface area (Å²) in [7, 11) is 1.00. The van der Waals surface area contributed by atoms with Crippen LogP contribution in [-0.2, 0) is 22.4 Å². The highest BCUT2D eigenvalue weighted by Gasteiger charge is 2.36. The number of benzene rings is 2. The maximum absolute atomic E-state index is 14.3. The molecule has 0 amide bonds. The quantitative estimate of drug-likeness (QED) is 0.730. The van der Waals surface area contributed by atoms with Crippen molar-refractivity contribution in [1.82, 2.24) is 0 Å². The second-order valence-corrected chi connectivity index (χ2v) is 6.65. The fourth-order valence-corrected chi connectivity index (χ4v) is 3.25. The summed E-state index contributed by atoms with van der Waals surface area (Å²) in [6, 6.07) is 12.7. The average molecular weight is 390 g/mol. The number of rotatable bonds is 5. The number of Topliss-reactive ketones (excluding diaryl/α,β-unsaturated/α-hetero) is 1. The Kier molecular flexibility index (Phi) is 8.26. The highest BCUT2D eigenvalue weighted by molar-refractivity contribution is 5.88. The molecule has 1 heterocycles. The van der Waals surface area contributed by atoms with Gasteiger partial charge in [-0.15, -0.1) is 0 Å². The Hall–Kier alpha value is -2.12. The molecule has 0 aliphatic carbocycles. The van der Waals surface area contributed by atoms with Crippen LogP contribution < -0.4 is 0 Å². The maximum atomic E-state index is 14.3. The molecule has 152 valence electrons.